The van der Waals surface area contributed by atoms with Crippen LogP contribution >= 0.6 is 0 Å². The van der Waals surface area contributed by atoms with Crippen molar-refractivity contribution in [2.24, 2.45) is 5.73 Å². The number of sulfonamides is 1. The van der Waals surface area contributed by atoms with Crippen molar-refractivity contribution in [2.45, 2.75) is 25.6 Å². The van der Waals surface area contributed by atoms with E-state index in [1.165, 1.54) is 24.4 Å². The lowest BCUT2D eigenvalue weighted by Gasteiger charge is -2.14. The van der Waals surface area contributed by atoms with Gasteiger partial charge in [0.1, 0.15) is 17.5 Å². The molecule has 11 heteroatoms. The maximum Gasteiger partial charge on any atom is 0.252 e. The molecule has 174 valence electrons. The number of pyridine rings is 1. The molecule has 0 unspecified atom stereocenters. The number of hydrogen-bond donors (Lipinski definition) is 4. The zero-order valence-corrected chi connectivity index (χ0v) is 18.7. The third-order valence-corrected chi connectivity index (χ3v) is 6.37. The van der Waals surface area contributed by atoms with Gasteiger partial charge in [-0.2, -0.15) is 0 Å². The van der Waals surface area contributed by atoms with Crippen LogP contribution in [-0.4, -0.2) is 24.6 Å². The van der Waals surface area contributed by atoms with E-state index in [-0.39, 0.29) is 12.1 Å². The first-order chi connectivity index (χ1) is 15.5. The number of carbonyl (C=O) groups excluding carboxylic acids is 1. The van der Waals surface area contributed by atoms with Gasteiger partial charge < -0.3 is 16.4 Å². The number of primary amides is 1. The summed E-state index contributed by atoms with van der Waals surface area (Å²) in [6, 6.07) is 11.2. The number of hydrogen-bond acceptors (Lipinski definition) is 6. The van der Waals surface area contributed by atoms with Gasteiger partial charge in [0.25, 0.3) is 5.91 Å². The molecule has 5 N–H and O–H groups in total. The molecular formula is C22H23F2N5O3S. The molecule has 0 saturated carbocycles. The van der Waals surface area contributed by atoms with E-state index >= 15 is 0 Å². The van der Waals surface area contributed by atoms with E-state index in [4.69, 9.17) is 5.73 Å². The molecule has 3 rings (SSSR count). The summed E-state index contributed by atoms with van der Waals surface area (Å²) in [6.45, 7) is 3.20. The van der Waals surface area contributed by atoms with Gasteiger partial charge in [0.15, 0.2) is 0 Å². The van der Waals surface area contributed by atoms with Gasteiger partial charge >= 0.3 is 0 Å². The van der Waals surface area contributed by atoms with E-state index in [2.05, 4.69) is 20.3 Å². The molecule has 1 amide bonds. The largest absolute Gasteiger partial charge is 0.380 e. The zero-order chi connectivity index (χ0) is 24.2. The minimum atomic E-state index is -3.46. The lowest BCUT2D eigenvalue weighted by atomic mass is 10.1. The van der Waals surface area contributed by atoms with Crippen LogP contribution in [0, 0.1) is 11.6 Å². The monoisotopic (exact) mass is 475 g/mol. The molecule has 8 nitrogen and oxygen atoms in total. The quantitative estimate of drug-likeness (QED) is 0.371. The highest BCUT2D eigenvalue weighted by Gasteiger charge is 2.15. The van der Waals surface area contributed by atoms with Crippen LogP contribution in [0.15, 0.2) is 54.7 Å². The van der Waals surface area contributed by atoms with Crippen molar-refractivity contribution >= 4 is 38.8 Å². The van der Waals surface area contributed by atoms with Crippen molar-refractivity contribution < 1.29 is 22.0 Å². The predicted octanol–water partition coefficient (Wildman–Crippen LogP) is 3.96. The van der Waals surface area contributed by atoms with Gasteiger partial charge in [-0.3, -0.25) is 9.52 Å². The average Bonchev–Trinajstić information content (AvgIpc) is 2.72. The van der Waals surface area contributed by atoms with Crippen molar-refractivity contribution in [3.8, 4) is 0 Å². The summed E-state index contributed by atoms with van der Waals surface area (Å²) in [6.07, 6.45) is 1.28. The van der Waals surface area contributed by atoms with Gasteiger partial charge in [0, 0.05) is 36.2 Å². The maximum absolute atomic E-state index is 13.4. The molecular weight excluding hydrogens is 452 g/mol. The number of benzene rings is 2. The Morgan fingerprint density at radius 1 is 1.03 bits per heavy atom. The Hall–Kier alpha value is -3.73. The number of amides is 1. The molecule has 1 heterocycles. The molecule has 33 heavy (non-hydrogen) atoms. The normalized spacial score (nSPS) is 11.3. The fourth-order valence-electron chi connectivity index (χ4n) is 2.83. The van der Waals surface area contributed by atoms with Gasteiger partial charge in [0.2, 0.25) is 10.0 Å². The molecule has 0 bridgehead atoms. The molecule has 0 aliphatic heterocycles. The SMILES string of the molecule is CC(C)S(=O)(=O)Nc1ccc(Nc2cc(NCc3cc(F)cc(F)c3)c(C(N)=O)cn2)cc1. The van der Waals surface area contributed by atoms with Crippen molar-refractivity contribution in [3.63, 3.8) is 0 Å². The third-order valence-electron chi connectivity index (χ3n) is 4.61. The second kappa shape index (κ2) is 9.82. The van der Waals surface area contributed by atoms with E-state index in [1.54, 1.807) is 38.1 Å². The Bertz CT molecular complexity index is 1250. The van der Waals surface area contributed by atoms with Crippen molar-refractivity contribution in [1.82, 2.24) is 4.98 Å². The highest BCUT2D eigenvalue weighted by atomic mass is 32.2. The van der Waals surface area contributed by atoms with Gasteiger partial charge in [0.05, 0.1) is 16.5 Å². The highest BCUT2D eigenvalue weighted by molar-refractivity contribution is 7.93. The summed E-state index contributed by atoms with van der Waals surface area (Å²) < 4.78 is 53.3. The van der Waals surface area contributed by atoms with Gasteiger partial charge in [-0.1, -0.05) is 0 Å². The summed E-state index contributed by atoms with van der Waals surface area (Å²) in [5.74, 6) is -1.77. The lowest BCUT2D eigenvalue weighted by molar-refractivity contribution is 0.100. The number of carbonyl (C=O) groups is 1. The minimum Gasteiger partial charge on any atom is -0.380 e. The first kappa shape index (κ1) is 23.9. The Morgan fingerprint density at radius 2 is 1.64 bits per heavy atom. The van der Waals surface area contributed by atoms with E-state index in [1.807, 2.05) is 0 Å². The first-order valence-corrected chi connectivity index (χ1v) is 11.5. The Morgan fingerprint density at radius 3 is 2.21 bits per heavy atom. The van der Waals surface area contributed by atoms with Crippen LogP contribution < -0.4 is 21.1 Å². The first-order valence-electron chi connectivity index (χ1n) is 9.91. The summed E-state index contributed by atoms with van der Waals surface area (Å²) in [4.78, 5) is 15.9. The van der Waals surface area contributed by atoms with Crippen molar-refractivity contribution in [3.05, 3.63) is 77.5 Å². The van der Waals surface area contributed by atoms with Crippen LogP contribution in [0.25, 0.3) is 0 Å². The van der Waals surface area contributed by atoms with Crippen molar-refractivity contribution in [1.29, 1.82) is 0 Å². The van der Waals surface area contributed by atoms with Crippen LogP contribution in [0.2, 0.25) is 0 Å². The lowest BCUT2D eigenvalue weighted by Crippen LogP contribution is -2.22. The molecule has 0 fully saturated rings. The van der Waals surface area contributed by atoms with E-state index in [9.17, 15) is 22.0 Å². The summed E-state index contributed by atoms with van der Waals surface area (Å²) in [5, 5.41) is 5.41. The molecule has 0 aliphatic carbocycles. The average molecular weight is 476 g/mol. The second-order valence-electron chi connectivity index (χ2n) is 7.51. The minimum absolute atomic E-state index is 0.0447. The van der Waals surface area contributed by atoms with Gasteiger partial charge in [-0.05, 0) is 55.8 Å². The predicted molar refractivity (Wildman–Crippen MR) is 124 cm³/mol. The third kappa shape index (κ3) is 6.39. The van der Waals surface area contributed by atoms with E-state index in [0.29, 0.717) is 28.4 Å². The number of rotatable bonds is 9. The molecule has 0 atom stereocenters. The number of nitrogens with two attached hydrogens (primary N) is 1. The standard InChI is InChI=1S/C22H23F2N5O3S/c1-13(2)33(31,32)29-18-5-3-17(4-6-18)28-21-10-20(19(12-27-21)22(25)30)26-11-14-7-15(23)9-16(24)8-14/h3-10,12-13,29H,11H2,1-2H3,(H2,25,30)(H2,26,27,28). The summed E-state index contributed by atoms with van der Waals surface area (Å²) >= 11 is 0. The van der Waals surface area contributed by atoms with Crippen LogP contribution in [0.5, 0.6) is 0 Å². The number of nitrogens with one attached hydrogen (secondary N) is 3. The Labute approximate surface area is 190 Å². The number of nitrogens with zero attached hydrogens (tertiary/aromatic N) is 1. The topological polar surface area (TPSA) is 126 Å². The van der Waals surface area contributed by atoms with Crippen LogP contribution in [-0.2, 0) is 16.6 Å². The number of halogens is 2. The Balaban J connectivity index is 1.76. The van der Waals surface area contributed by atoms with Crippen LogP contribution in [0.3, 0.4) is 0 Å². The fourth-order valence-corrected chi connectivity index (χ4v) is 3.53. The molecule has 0 aliphatic rings. The molecule has 0 radical (unpaired) electrons. The molecule has 0 spiro atoms. The van der Waals surface area contributed by atoms with E-state index in [0.717, 1.165) is 6.07 Å². The van der Waals surface area contributed by atoms with Gasteiger partial charge in [-0.15, -0.1) is 0 Å². The zero-order valence-electron chi connectivity index (χ0n) is 17.9. The molecule has 0 saturated heterocycles. The smallest absolute Gasteiger partial charge is 0.252 e. The maximum atomic E-state index is 13.4. The highest BCUT2D eigenvalue weighted by Crippen LogP contribution is 2.24. The van der Waals surface area contributed by atoms with Crippen LogP contribution in [0.4, 0.5) is 31.7 Å². The van der Waals surface area contributed by atoms with Crippen molar-refractivity contribution in [2.75, 3.05) is 15.4 Å². The second-order valence-corrected chi connectivity index (χ2v) is 9.75. The Kier molecular flexibility index (Phi) is 7.12. The molecule has 3 aromatic rings. The molecule has 2 aromatic carbocycles. The number of anilines is 4. The summed E-state index contributed by atoms with van der Waals surface area (Å²) in [7, 11) is -3.46. The number of aromatic nitrogens is 1. The fraction of sp³-hybridized carbons (Fsp3) is 0.182. The van der Waals surface area contributed by atoms with Gasteiger partial charge in [-0.25, -0.2) is 22.2 Å². The molecule has 1 aromatic heterocycles. The van der Waals surface area contributed by atoms with Crippen LogP contribution in [0.1, 0.15) is 29.8 Å². The summed E-state index contributed by atoms with van der Waals surface area (Å²) in [5.41, 5.74) is 7.20. The van der Waals surface area contributed by atoms with E-state index < -0.39 is 32.8 Å².